The van der Waals surface area contributed by atoms with E-state index in [-0.39, 0.29) is 29.8 Å². The number of benzene rings is 1. The zero-order valence-corrected chi connectivity index (χ0v) is 19.4. The van der Waals surface area contributed by atoms with E-state index >= 15 is 0 Å². The number of nitrogens with zero attached hydrogens (tertiary/aromatic N) is 2. The van der Waals surface area contributed by atoms with Crippen LogP contribution in [0.1, 0.15) is 66.2 Å². The van der Waals surface area contributed by atoms with Crippen LogP contribution in [0.25, 0.3) is 0 Å². The standard InChI is InChI=1S/C25H27F3N4O3/c1-13(2)14-3-7-20-17(9-14)24(12-34-23(29)32-24)18-10-16(5-8-21(18)35-20)31-22(33)19-6-4-15(11-30-19)25(26,27)28/h3-4,6-7,9,11,13,16,18,21H,5,8,10,12H2,1-2H3,(H2,29,32)(H,31,33). The Hall–Kier alpha value is -3.30. The quantitative estimate of drug-likeness (QED) is 0.677. The first-order chi connectivity index (χ1) is 16.6. The highest BCUT2D eigenvalue weighted by molar-refractivity contribution is 5.92. The van der Waals surface area contributed by atoms with Crippen molar-refractivity contribution in [2.24, 2.45) is 16.6 Å². The Morgan fingerprint density at radius 2 is 2.03 bits per heavy atom. The fourth-order valence-corrected chi connectivity index (χ4v) is 5.36. The molecule has 5 rings (SSSR count). The molecule has 2 aromatic rings. The van der Waals surface area contributed by atoms with Crippen LogP contribution in [0.4, 0.5) is 13.2 Å². The molecule has 35 heavy (non-hydrogen) atoms. The number of rotatable bonds is 3. The predicted octanol–water partition coefficient (Wildman–Crippen LogP) is 4.12. The minimum absolute atomic E-state index is 0.0619. The Balaban J connectivity index is 1.39. The molecule has 1 amide bonds. The molecule has 1 aromatic carbocycles. The van der Waals surface area contributed by atoms with Gasteiger partial charge in [-0.15, -0.1) is 0 Å². The molecule has 10 heteroatoms. The summed E-state index contributed by atoms with van der Waals surface area (Å²) in [4.78, 5) is 21.2. The van der Waals surface area contributed by atoms with E-state index in [0.29, 0.717) is 38.0 Å². The van der Waals surface area contributed by atoms with Crippen LogP contribution in [0.3, 0.4) is 0 Å². The summed E-state index contributed by atoms with van der Waals surface area (Å²) in [6.07, 6.45) is -2.06. The molecular formula is C25H27F3N4O3. The van der Waals surface area contributed by atoms with Crippen LogP contribution < -0.4 is 15.8 Å². The zero-order chi connectivity index (χ0) is 25.0. The molecule has 0 radical (unpaired) electrons. The van der Waals surface area contributed by atoms with Gasteiger partial charge in [0.2, 0.25) is 0 Å². The molecule has 186 valence electrons. The van der Waals surface area contributed by atoms with Crippen molar-refractivity contribution < 1.29 is 27.4 Å². The van der Waals surface area contributed by atoms with Crippen molar-refractivity contribution in [2.75, 3.05) is 6.61 Å². The van der Waals surface area contributed by atoms with Gasteiger partial charge < -0.3 is 20.5 Å². The van der Waals surface area contributed by atoms with Crippen LogP contribution in [-0.4, -0.2) is 35.7 Å². The Morgan fingerprint density at radius 1 is 1.23 bits per heavy atom. The number of amides is 1. The van der Waals surface area contributed by atoms with Gasteiger partial charge in [0.15, 0.2) is 0 Å². The van der Waals surface area contributed by atoms with Crippen molar-refractivity contribution in [3.8, 4) is 5.75 Å². The Labute approximate surface area is 200 Å². The lowest BCUT2D eigenvalue weighted by atomic mass is 9.67. The Morgan fingerprint density at radius 3 is 2.66 bits per heavy atom. The fourth-order valence-electron chi connectivity index (χ4n) is 5.36. The number of fused-ring (bicyclic) bond motifs is 4. The third-order valence-corrected chi connectivity index (χ3v) is 7.22. The number of nitrogens with one attached hydrogen (secondary N) is 1. The highest BCUT2D eigenvalue weighted by Gasteiger charge is 2.55. The van der Waals surface area contributed by atoms with E-state index in [4.69, 9.17) is 20.2 Å². The summed E-state index contributed by atoms with van der Waals surface area (Å²) in [7, 11) is 0. The molecule has 1 aliphatic carbocycles. The van der Waals surface area contributed by atoms with E-state index in [2.05, 4.69) is 36.3 Å². The Bertz CT molecular complexity index is 1170. The number of hydrogen-bond donors (Lipinski definition) is 2. The number of hydrogen-bond acceptors (Lipinski definition) is 6. The second kappa shape index (κ2) is 8.42. The van der Waals surface area contributed by atoms with E-state index in [0.717, 1.165) is 29.0 Å². The van der Waals surface area contributed by atoms with Crippen LogP contribution in [0.5, 0.6) is 5.75 Å². The maximum atomic E-state index is 12.8. The molecule has 1 spiro atoms. The van der Waals surface area contributed by atoms with Gasteiger partial charge in [-0.2, -0.15) is 13.2 Å². The number of alkyl halides is 3. The largest absolute Gasteiger partial charge is 0.490 e. The molecule has 7 nitrogen and oxygen atoms in total. The monoisotopic (exact) mass is 488 g/mol. The molecule has 4 unspecified atom stereocenters. The van der Waals surface area contributed by atoms with Crippen LogP contribution >= 0.6 is 0 Å². The first-order valence-corrected chi connectivity index (χ1v) is 11.7. The lowest BCUT2D eigenvalue weighted by Gasteiger charge is -2.48. The minimum atomic E-state index is -4.51. The van der Waals surface area contributed by atoms with Crippen molar-refractivity contribution in [3.63, 3.8) is 0 Å². The van der Waals surface area contributed by atoms with Crippen molar-refractivity contribution in [1.82, 2.24) is 10.3 Å². The second-order valence-electron chi connectivity index (χ2n) is 9.75. The number of ether oxygens (including phenoxy) is 2. The smallest absolute Gasteiger partial charge is 0.417 e. The molecule has 3 heterocycles. The van der Waals surface area contributed by atoms with Crippen molar-refractivity contribution in [1.29, 1.82) is 0 Å². The van der Waals surface area contributed by atoms with E-state index in [1.807, 2.05) is 6.07 Å². The van der Waals surface area contributed by atoms with E-state index < -0.39 is 23.2 Å². The number of aliphatic imine (C=N–C) groups is 1. The van der Waals surface area contributed by atoms with Crippen LogP contribution in [0, 0.1) is 5.92 Å². The number of nitrogens with two attached hydrogens (primary N) is 1. The number of carbonyl (C=O) groups is 1. The highest BCUT2D eigenvalue weighted by Crippen LogP contribution is 2.52. The molecular weight excluding hydrogens is 461 g/mol. The fraction of sp³-hybridized carbons (Fsp3) is 0.480. The third kappa shape index (κ3) is 4.19. The summed E-state index contributed by atoms with van der Waals surface area (Å²) in [6.45, 7) is 4.52. The van der Waals surface area contributed by atoms with Gasteiger partial charge in [0.1, 0.15) is 29.7 Å². The number of aromatic nitrogens is 1. The van der Waals surface area contributed by atoms with Crippen LogP contribution in [0.2, 0.25) is 0 Å². The van der Waals surface area contributed by atoms with E-state index in [1.165, 1.54) is 0 Å². The molecule has 2 aliphatic heterocycles. The summed E-state index contributed by atoms with van der Waals surface area (Å²) < 4.78 is 50.5. The topological polar surface area (TPSA) is 98.8 Å². The maximum Gasteiger partial charge on any atom is 0.417 e. The summed E-state index contributed by atoms with van der Waals surface area (Å²) in [5.74, 6) is 0.474. The lowest BCUT2D eigenvalue weighted by Crippen LogP contribution is -2.54. The highest BCUT2D eigenvalue weighted by atomic mass is 19.4. The number of carbonyl (C=O) groups excluding carboxylic acids is 1. The summed E-state index contributed by atoms with van der Waals surface area (Å²) in [6, 6.07) is 8.01. The molecule has 1 saturated carbocycles. The molecule has 0 bridgehead atoms. The van der Waals surface area contributed by atoms with E-state index in [1.54, 1.807) is 0 Å². The second-order valence-corrected chi connectivity index (χ2v) is 9.75. The molecule has 0 saturated heterocycles. The van der Waals surface area contributed by atoms with Gasteiger partial charge >= 0.3 is 6.18 Å². The lowest BCUT2D eigenvalue weighted by molar-refractivity contribution is -0.137. The van der Waals surface area contributed by atoms with Gasteiger partial charge in [-0.25, -0.2) is 4.99 Å². The maximum absolute atomic E-state index is 12.8. The zero-order valence-electron chi connectivity index (χ0n) is 19.4. The van der Waals surface area contributed by atoms with Crippen molar-refractivity contribution >= 4 is 11.9 Å². The number of halogens is 3. The predicted molar refractivity (Wildman–Crippen MR) is 122 cm³/mol. The first kappa shape index (κ1) is 23.4. The number of pyridine rings is 1. The first-order valence-electron chi connectivity index (χ1n) is 11.7. The minimum Gasteiger partial charge on any atom is -0.490 e. The van der Waals surface area contributed by atoms with Gasteiger partial charge in [0.25, 0.3) is 11.9 Å². The van der Waals surface area contributed by atoms with Crippen molar-refractivity contribution in [3.05, 3.63) is 58.9 Å². The Kier molecular flexibility index (Phi) is 5.64. The molecule has 3 aliphatic rings. The van der Waals surface area contributed by atoms with Gasteiger partial charge in [-0.1, -0.05) is 19.9 Å². The van der Waals surface area contributed by atoms with Gasteiger partial charge in [0.05, 0.1) is 5.56 Å². The van der Waals surface area contributed by atoms with Crippen LogP contribution in [0.15, 0.2) is 41.5 Å². The average Bonchev–Trinajstić information content (AvgIpc) is 3.21. The molecule has 3 N–H and O–H groups in total. The van der Waals surface area contributed by atoms with E-state index in [9.17, 15) is 18.0 Å². The SMILES string of the molecule is CC(C)c1ccc2c(c1)C1(COC(N)=N1)C1CC(NC(=O)c3ccc(C(F)(F)F)cn3)CCC1O2. The third-order valence-electron chi connectivity index (χ3n) is 7.22. The summed E-state index contributed by atoms with van der Waals surface area (Å²) in [5, 5.41) is 2.94. The summed E-state index contributed by atoms with van der Waals surface area (Å²) in [5.41, 5.74) is 6.39. The van der Waals surface area contributed by atoms with Crippen LogP contribution in [-0.2, 0) is 16.5 Å². The van der Waals surface area contributed by atoms with Gasteiger partial charge in [-0.3, -0.25) is 9.78 Å². The van der Waals surface area contributed by atoms with Gasteiger partial charge in [0, 0.05) is 23.7 Å². The molecule has 4 atom stereocenters. The normalized spacial score (nSPS) is 27.5. The molecule has 1 aromatic heterocycles. The molecule has 1 fully saturated rings. The van der Waals surface area contributed by atoms with Crippen molar-refractivity contribution in [2.45, 2.75) is 62.9 Å². The average molecular weight is 489 g/mol. The number of amidine groups is 1. The van der Waals surface area contributed by atoms with Gasteiger partial charge in [-0.05, 0) is 55.0 Å². The summed E-state index contributed by atoms with van der Waals surface area (Å²) >= 11 is 0.